The number of ether oxygens (including phenoxy) is 1. The predicted molar refractivity (Wildman–Crippen MR) is 91.8 cm³/mol. The Morgan fingerprint density at radius 2 is 2.15 bits per heavy atom. The Bertz CT molecular complexity index is 658. The first-order chi connectivity index (χ1) is 12.4. The van der Waals surface area contributed by atoms with Gasteiger partial charge in [-0.2, -0.15) is 0 Å². The van der Waals surface area contributed by atoms with Crippen molar-refractivity contribution >= 4 is 17.7 Å². The lowest BCUT2D eigenvalue weighted by Gasteiger charge is -2.18. The van der Waals surface area contributed by atoms with Crippen molar-refractivity contribution in [3.05, 3.63) is 24.2 Å². The summed E-state index contributed by atoms with van der Waals surface area (Å²) >= 11 is 0. The second-order valence-electron chi connectivity index (χ2n) is 7.06. The van der Waals surface area contributed by atoms with Gasteiger partial charge in [-0.3, -0.25) is 14.4 Å². The molecule has 2 fully saturated rings. The third-order valence-corrected chi connectivity index (χ3v) is 4.84. The van der Waals surface area contributed by atoms with Crippen LogP contribution in [0.1, 0.15) is 25.0 Å². The van der Waals surface area contributed by atoms with Crippen LogP contribution >= 0.6 is 0 Å². The maximum Gasteiger partial charge on any atom is 0.251 e. The Labute approximate surface area is 152 Å². The summed E-state index contributed by atoms with van der Waals surface area (Å²) in [4.78, 5) is 39.5. The zero-order chi connectivity index (χ0) is 18.7. The number of carbonyl (C=O) groups is 3. The Kier molecular flexibility index (Phi) is 5.61. The van der Waals surface area contributed by atoms with Crippen molar-refractivity contribution in [1.29, 1.82) is 0 Å². The highest BCUT2D eigenvalue weighted by Crippen LogP contribution is 2.22. The van der Waals surface area contributed by atoms with E-state index < -0.39 is 6.10 Å². The number of furan rings is 1. The van der Waals surface area contributed by atoms with Crippen LogP contribution < -0.4 is 5.32 Å². The third kappa shape index (κ3) is 4.24. The molecule has 0 aromatic carbocycles. The summed E-state index contributed by atoms with van der Waals surface area (Å²) in [5.41, 5.74) is 0. The summed E-state index contributed by atoms with van der Waals surface area (Å²) in [6, 6.07) is 3.58. The number of amides is 3. The summed E-state index contributed by atoms with van der Waals surface area (Å²) in [5.74, 6) is 0.101. The lowest BCUT2D eigenvalue weighted by Crippen LogP contribution is -2.39. The average molecular weight is 363 g/mol. The molecule has 0 bridgehead atoms. The number of hydrogen-bond donors (Lipinski definition) is 1. The van der Waals surface area contributed by atoms with Crippen molar-refractivity contribution in [1.82, 2.24) is 15.1 Å². The number of nitrogens with one attached hydrogen (secondary N) is 1. The fourth-order valence-electron chi connectivity index (χ4n) is 3.38. The minimum absolute atomic E-state index is 0.0460. The van der Waals surface area contributed by atoms with Crippen LogP contribution in [0.2, 0.25) is 0 Å². The molecule has 1 N–H and O–H groups in total. The molecule has 0 unspecified atom stereocenters. The van der Waals surface area contributed by atoms with Gasteiger partial charge in [-0.25, -0.2) is 0 Å². The van der Waals surface area contributed by atoms with Gasteiger partial charge >= 0.3 is 0 Å². The van der Waals surface area contributed by atoms with Gasteiger partial charge in [0.15, 0.2) is 0 Å². The second-order valence-corrected chi connectivity index (χ2v) is 7.06. The number of nitrogens with zero attached hydrogens (tertiary/aromatic N) is 2. The largest absolute Gasteiger partial charge is 0.467 e. The normalized spacial score (nSPS) is 25.5. The maximum absolute atomic E-state index is 12.4. The quantitative estimate of drug-likeness (QED) is 0.789. The van der Waals surface area contributed by atoms with E-state index in [2.05, 4.69) is 5.32 Å². The molecule has 0 aliphatic carbocycles. The zero-order valence-electron chi connectivity index (χ0n) is 15.1. The van der Waals surface area contributed by atoms with Crippen LogP contribution in [0.15, 0.2) is 22.8 Å². The molecule has 3 atom stereocenters. The van der Waals surface area contributed by atoms with Crippen molar-refractivity contribution in [3.63, 3.8) is 0 Å². The van der Waals surface area contributed by atoms with E-state index in [9.17, 15) is 14.4 Å². The number of carbonyl (C=O) groups excluding carboxylic acids is 3. The molecule has 142 valence electrons. The van der Waals surface area contributed by atoms with E-state index in [1.54, 1.807) is 31.3 Å². The van der Waals surface area contributed by atoms with Crippen LogP contribution in [-0.4, -0.2) is 66.9 Å². The minimum atomic E-state index is -0.427. The van der Waals surface area contributed by atoms with Gasteiger partial charge in [0.05, 0.1) is 24.8 Å². The highest BCUT2D eigenvalue weighted by Gasteiger charge is 2.36. The van der Waals surface area contributed by atoms with Gasteiger partial charge in [0.1, 0.15) is 11.9 Å². The molecular weight excluding hydrogens is 338 g/mol. The van der Waals surface area contributed by atoms with Crippen molar-refractivity contribution in [3.8, 4) is 0 Å². The lowest BCUT2D eigenvalue weighted by atomic mass is 10.1. The van der Waals surface area contributed by atoms with E-state index in [0.29, 0.717) is 31.8 Å². The number of hydrogen-bond acceptors (Lipinski definition) is 5. The number of likely N-dealkylation sites (tertiary alicyclic amines) is 1. The third-order valence-electron chi connectivity index (χ3n) is 4.84. The summed E-state index contributed by atoms with van der Waals surface area (Å²) in [7, 11) is 3.40. The van der Waals surface area contributed by atoms with Crippen LogP contribution in [0, 0.1) is 5.92 Å². The SMILES string of the molecule is CN(C)C(=O)[C@@H]1CC[C@@H](CNC(=O)[C@H]2CC(=O)N(Cc3ccco3)C2)O1. The highest BCUT2D eigenvalue weighted by atomic mass is 16.5. The smallest absolute Gasteiger partial charge is 0.251 e. The van der Waals surface area contributed by atoms with E-state index in [0.717, 1.165) is 6.42 Å². The molecular formula is C18H25N3O5. The molecule has 3 amide bonds. The van der Waals surface area contributed by atoms with Crippen LogP contribution in [0.5, 0.6) is 0 Å². The summed E-state index contributed by atoms with van der Waals surface area (Å²) in [6.45, 7) is 1.13. The fourth-order valence-corrected chi connectivity index (χ4v) is 3.38. The Balaban J connectivity index is 1.43. The summed E-state index contributed by atoms with van der Waals surface area (Å²) in [6.07, 6.45) is 2.58. The van der Waals surface area contributed by atoms with Crippen molar-refractivity contribution in [2.45, 2.75) is 38.0 Å². The van der Waals surface area contributed by atoms with Crippen LogP contribution in [0.4, 0.5) is 0 Å². The first kappa shape index (κ1) is 18.4. The van der Waals surface area contributed by atoms with Crippen LogP contribution in [0.25, 0.3) is 0 Å². The van der Waals surface area contributed by atoms with Gasteiger partial charge < -0.3 is 24.3 Å². The first-order valence-electron chi connectivity index (χ1n) is 8.88. The highest BCUT2D eigenvalue weighted by molar-refractivity contribution is 5.89. The molecule has 1 aromatic rings. The zero-order valence-corrected chi connectivity index (χ0v) is 15.1. The van der Waals surface area contributed by atoms with Crippen LogP contribution in [-0.2, 0) is 25.7 Å². The van der Waals surface area contributed by atoms with Gasteiger partial charge in [-0.05, 0) is 25.0 Å². The molecule has 3 heterocycles. The van der Waals surface area contributed by atoms with Crippen molar-refractivity contribution in [2.24, 2.45) is 5.92 Å². The minimum Gasteiger partial charge on any atom is -0.467 e. The van der Waals surface area contributed by atoms with Gasteiger partial charge in [0.2, 0.25) is 11.8 Å². The van der Waals surface area contributed by atoms with E-state index in [1.165, 1.54) is 4.90 Å². The Morgan fingerprint density at radius 1 is 1.35 bits per heavy atom. The van der Waals surface area contributed by atoms with E-state index in [-0.39, 0.29) is 36.2 Å². The number of rotatable bonds is 6. The molecule has 3 rings (SSSR count). The monoisotopic (exact) mass is 363 g/mol. The summed E-state index contributed by atoms with van der Waals surface area (Å²) in [5, 5.41) is 2.86. The molecule has 8 heteroatoms. The standard InChI is InChI=1S/C18H25N3O5/c1-20(2)18(24)15-6-5-13(26-15)9-19-17(23)12-8-16(22)21(10-12)11-14-4-3-7-25-14/h3-4,7,12-13,15H,5-6,8-11H2,1-2H3,(H,19,23)/t12-,13-,15-/m0/s1. The van der Waals surface area contributed by atoms with Crippen molar-refractivity contribution < 1.29 is 23.5 Å². The molecule has 8 nitrogen and oxygen atoms in total. The first-order valence-corrected chi connectivity index (χ1v) is 8.88. The molecule has 26 heavy (non-hydrogen) atoms. The molecule has 2 aliphatic heterocycles. The average Bonchev–Trinajstić information content (AvgIpc) is 3.34. The molecule has 0 radical (unpaired) electrons. The molecule has 2 saturated heterocycles. The van der Waals surface area contributed by atoms with E-state index >= 15 is 0 Å². The maximum atomic E-state index is 12.4. The van der Waals surface area contributed by atoms with Gasteiger partial charge in [-0.1, -0.05) is 0 Å². The van der Waals surface area contributed by atoms with Gasteiger partial charge in [0, 0.05) is 33.6 Å². The Morgan fingerprint density at radius 3 is 2.85 bits per heavy atom. The summed E-state index contributed by atoms with van der Waals surface area (Å²) < 4.78 is 11.0. The second kappa shape index (κ2) is 7.90. The molecule has 2 aliphatic rings. The lowest BCUT2D eigenvalue weighted by molar-refractivity contribution is -0.140. The molecule has 1 aromatic heterocycles. The van der Waals surface area contributed by atoms with Gasteiger partial charge in [0.25, 0.3) is 5.91 Å². The van der Waals surface area contributed by atoms with Crippen LogP contribution in [0.3, 0.4) is 0 Å². The Hall–Kier alpha value is -2.35. The fraction of sp³-hybridized carbons (Fsp3) is 0.611. The molecule has 0 spiro atoms. The molecule has 0 saturated carbocycles. The van der Waals surface area contributed by atoms with Crippen molar-refractivity contribution in [2.75, 3.05) is 27.2 Å². The number of likely N-dealkylation sites (N-methyl/N-ethyl adjacent to an activating group) is 1. The van der Waals surface area contributed by atoms with Gasteiger partial charge in [-0.15, -0.1) is 0 Å². The van der Waals surface area contributed by atoms with E-state index in [1.807, 2.05) is 6.07 Å². The van der Waals surface area contributed by atoms with E-state index in [4.69, 9.17) is 9.15 Å². The topological polar surface area (TPSA) is 92.1 Å². The predicted octanol–water partition coefficient (Wildman–Crippen LogP) is 0.380.